The second-order valence-corrected chi connectivity index (χ2v) is 4.89. The molecule has 0 fully saturated rings. The molecule has 0 spiro atoms. The quantitative estimate of drug-likeness (QED) is 0.789. The van der Waals surface area contributed by atoms with Crippen LogP contribution in [0.2, 0.25) is 0 Å². The van der Waals surface area contributed by atoms with Crippen molar-refractivity contribution in [2.45, 2.75) is 19.4 Å². The molecule has 1 unspecified atom stereocenters. The molecule has 1 atom stereocenters. The molecule has 110 valence electrons. The minimum Gasteiger partial charge on any atom is -0.652 e. The number of amides is 1. The fraction of sp³-hybridized carbons (Fsp3) is 0.278. The van der Waals surface area contributed by atoms with Crippen molar-refractivity contribution in [1.82, 2.24) is 5.32 Å². The van der Waals surface area contributed by atoms with E-state index in [9.17, 15) is 4.79 Å². The zero-order valence-electron chi connectivity index (χ0n) is 13.5. The zero-order chi connectivity index (χ0) is 15.1. The molecule has 22 heavy (non-hydrogen) atoms. The Labute approximate surface area is 144 Å². The molecule has 0 aliphatic carbocycles. The van der Waals surface area contributed by atoms with E-state index in [0.29, 0.717) is 5.56 Å². The Morgan fingerprint density at radius 2 is 1.73 bits per heavy atom. The van der Waals surface area contributed by atoms with Crippen LogP contribution in [0.1, 0.15) is 40.9 Å². The van der Waals surface area contributed by atoms with Gasteiger partial charge in [-0.1, -0.05) is 73.5 Å². The van der Waals surface area contributed by atoms with Crippen LogP contribution in [0.25, 0.3) is 5.32 Å². The first-order chi connectivity index (χ1) is 10.3. The molecule has 1 amide bonds. The van der Waals surface area contributed by atoms with Crippen LogP contribution in [0.5, 0.6) is 0 Å². The topological polar surface area (TPSA) is 43.2 Å². The molecule has 0 aliphatic rings. The van der Waals surface area contributed by atoms with Crippen molar-refractivity contribution in [3.63, 3.8) is 0 Å². The summed E-state index contributed by atoms with van der Waals surface area (Å²) in [5.74, 6) is -0.0711. The van der Waals surface area contributed by atoms with Crippen molar-refractivity contribution in [3.05, 3.63) is 76.6 Å². The van der Waals surface area contributed by atoms with Gasteiger partial charge >= 0.3 is 18.9 Å². The van der Waals surface area contributed by atoms with E-state index in [1.165, 1.54) is 0 Å². The first kappa shape index (κ1) is 18.5. The van der Waals surface area contributed by atoms with E-state index in [1.54, 1.807) is 7.05 Å². The first-order valence-electron chi connectivity index (χ1n) is 7.30. The maximum absolute atomic E-state index is 12.1. The summed E-state index contributed by atoms with van der Waals surface area (Å²) in [5.41, 5.74) is 2.76. The normalized spacial score (nSPS) is 11.4. The SMILES string of the molecule is CCC[N-]C(c1ccccc1)c1ccccc1C(=O)NC.[Li+]. The van der Waals surface area contributed by atoms with Gasteiger partial charge in [-0.05, 0) is 11.6 Å². The summed E-state index contributed by atoms with van der Waals surface area (Å²) in [4.78, 5) is 12.1. The van der Waals surface area contributed by atoms with E-state index in [2.05, 4.69) is 24.4 Å². The number of hydrogen-bond acceptors (Lipinski definition) is 1. The summed E-state index contributed by atoms with van der Waals surface area (Å²) in [5, 5.41) is 7.48. The Balaban J connectivity index is 0.00000242. The van der Waals surface area contributed by atoms with Gasteiger partial charge in [0.2, 0.25) is 0 Å². The average Bonchev–Trinajstić information content (AvgIpc) is 2.56. The van der Waals surface area contributed by atoms with E-state index in [0.717, 1.165) is 24.1 Å². The van der Waals surface area contributed by atoms with Gasteiger partial charge in [0.25, 0.3) is 5.91 Å². The molecule has 2 aromatic carbocycles. The summed E-state index contributed by atoms with van der Waals surface area (Å²) < 4.78 is 0. The third-order valence-corrected chi connectivity index (χ3v) is 3.38. The molecule has 0 heterocycles. The van der Waals surface area contributed by atoms with Gasteiger partial charge in [0.15, 0.2) is 0 Å². The van der Waals surface area contributed by atoms with Gasteiger partial charge in [-0.3, -0.25) is 4.79 Å². The second kappa shape index (κ2) is 9.48. The van der Waals surface area contributed by atoms with Gasteiger partial charge in [0, 0.05) is 12.6 Å². The first-order valence-corrected chi connectivity index (χ1v) is 7.30. The number of nitrogens with one attached hydrogen (secondary N) is 1. The third-order valence-electron chi connectivity index (χ3n) is 3.38. The standard InChI is InChI=1S/C18H21N2O.Li/c1-3-13-20-17(14-9-5-4-6-10-14)15-11-7-8-12-16(15)18(21)19-2;/h4-12,17H,3,13H2,1-2H3,(H,19,21);/q-1;+1. The van der Waals surface area contributed by atoms with Crippen LogP contribution in [0.15, 0.2) is 54.6 Å². The van der Waals surface area contributed by atoms with Crippen molar-refractivity contribution in [2.24, 2.45) is 0 Å². The number of hydrogen-bond donors (Lipinski definition) is 1. The predicted molar refractivity (Wildman–Crippen MR) is 86.6 cm³/mol. The molecule has 0 saturated heterocycles. The van der Waals surface area contributed by atoms with Gasteiger partial charge in [-0.25, -0.2) is 0 Å². The van der Waals surface area contributed by atoms with Gasteiger partial charge in [0.1, 0.15) is 0 Å². The molecule has 0 radical (unpaired) electrons. The number of carbonyl (C=O) groups is 1. The van der Waals surface area contributed by atoms with E-state index in [1.807, 2.05) is 42.5 Å². The molecule has 0 aromatic heterocycles. The van der Waals surface area contributed by atoms with Crippen LogP contribution < -0.4 is 24.2 Å². The largest absolute Gasteiger partial charge is 1.00 e. The Hall–Kier alpha value is -1.53. The minimum absolute atomic E-state index is 0. The summed E-state index contributed by atoms with van der Waals surface area (Å²) in [7, 11) is 1.65. The number of benzene rings is 2. The maximum atomic E-state index is 12.1. The van der Waals surface area contributed by atoms with Gasteiger partial charge in [0.05, 0.1) is 0 Å². The molecule has 4 heteroatoms. The van der Waals surface area contributed by atoms with Crippen LogP contribution >= 0.6 is 0 Å². The molecular weight excluding hydrogens is 267 g/mol. The monoisotopic (exact) mass is 288 g/mol. The van der Waals surface area contributed by atoms with Crippen LogP contribution in [-0.2, 0) is 0 Å². The van der Waals surface area contributed by atoms with E-state index in [4.69, 9.17) is 5.32 Å². The Morgan fingerprint density at radius 3 is 2.36 bits per heavy atom. The maximum Gasteiger partial charge on any atom is 1.00 e. The van der Waals surface area contributed by atoms with Crippen molar-refractivity contribution in [3.8, 4) is 0 Å². The fourth-order valence-corrected chi connectivity index (χ4v) is 2.35. The minimum atomic E-state index is -0.0975. The molecule has 1 N–H and O–H groups in total. The molecule has 0 saturated carbocycles. The van der Waals surface area contributed by atoms with E-state index >= 15 is 0 Å². The summed E-state index contributed by atoms with van der Waals surface area (Å²) in [6, 6.07) is 17.7. The average molecular weight is 288 g/mol. The van der Waals surface area contributed by atoms with Crippen molar-refractivity contribution in [1.29, 1.82) is 0 Å². The van der Waals surface area contributed by atoms with Crippen LogP contribution in [-0.4, -0.2) is 19.5 Å². The van der Waals surface area contributed by atoms with Gasteiger partial charge in [-0.2, -0.15) is 0 Å². The van der Waals surface area contributed by atoms with Gasteiger partial charge in [-0.15, -0.1) is 6.54 Å². The van der Waals surface area contributed by atoms with Crippen molar-refractivity contribution in [2.75, 3.05) is 13.6 Å². The Morgan fingerprint density at radius 1 is 1.09 bits per heavy atom. The molecule has 0 bridgehead atoms. The number of nitrogens with zero attached hydrogens (tertiary/aromatic N) is 1. The molecular formula is C18H21LiN2O. The summed E-state index contributed by atoms with van der Waals surface area (Å²) in [6.45, 7) is 2.89. The number of rotatable bonds is 6. The smallest absolute Gasteiger partial charge is 0.652 e. The van der Waals surface area contributed by atoms with Crippen LogP contribution in [0, 0.1) is 0 Å². The fourth-order valence-electron chi connectivity index (χ4n) is 2.35. The molecule has 2 rings (SSSR count). The Bertz CT molecular complexity index is 587. The van der Waals surface area contributed by atoms with Crippen LogP contribution in [0.3, 0.4) is 0 Å². The van der Waals surface area contributed by atoms with Crippen molar-refractivity contribution < 1.29 is 23.7 Å². The molecule has 2 aromatic rings. The molecule has 3 nitrogen and oxygen atoms in total. The third kappa shape index (κ3) is 4.48. The van der Waals surface area contributed by atoms with Crippen molar-refractivity contribution >= 4 is 5.91 Å². The second-order valence-electron chi connectivity index (χ2n) is 4.89. The van der Waals surface area contributed by atoms with E-state index < -0.39 is 0 Å². The number of carbonyl (C=O) groups excluding carboxylic acids is 1. The summed E-state index contributed by atoms with van der Waals surface area (Å²) in [6.07, 6.45) is 0.992. The Kier molecular flexibility index (Phi) is 7.98. The molecule has 0 aliphatic heterocycles. The summed E-state index contributed by atoms with van der Waals surface area (Å²) >= 11 is 0. The van der Waals surface area contributed by atoms with Crippen LogP contribution in [0.4, 0.5) is 0 Å². The van der Waals surface area contributed by atoms with Gasteiger partial charge < -0.3 is 10.6 Å². The zero-order valence-corrected chi connectivity index (χ0v) is 13.5. The predicted octanol–water partition coefficient (Wildman–Crippen LogP) is 0.923. The van der Waals surface area contributed by atoms with E-state index in [-0.39, 0.29) is 30.8 Å².